The molecule has 0 spiro atoms. The number of aliphatic imine (C=N–C) groups is 1. The first kappa shape index (κ1) is 24.3. The molecule has 5 heterocycles. The van der Waals surface area contributed by atoms with Gasteiger partial charge in [-0.05, 0) is 51.1 Å². The van der Waals surface area contributed by atoms with Gasteiger partial charge < -0.3 is 11.1 Å². The molecule has 10 nitrogen and oxygen atoms in total. The largest absolute Gasteiger partial charge is 0.386 e. The molecule has 1 aliphatic rings. The van der Waals surface area contributed by atoms with Crippen molar-refractivity contribution in [2.45, 2.75) is 32.7 Å². The molecule has 39 heavy (non-hydrogen) atoms. The van der Waals surface area contributed by atoms with Gasteiger partial charge in [0.15, 0.2) is 17.3 Å². The summed E-state index contributed by atoms with van der Waals surface area (Å²) in [6.45, 7) is 5.73. The van der Waals surface area contributed by atoms with Gasteiger partial charge in [-0.1, -0.05) is 18.2 Å². The van der Waals surface area contributed by atoms with Gasteiger partial charge in [-0.2, -0.15) is 5.10 Å². The maximum absolute atomic E-state index is 14.4. The molecule has 194 valence electrons. The molecule has 11 heteroatoms. The SMILES string of the molecule is Cc1cc(NC(=O)c2nc(-c3nn(Cc4ccccc4F)c4ncccc34)nc3c2C(C)(C)C(N)=N3)ccn1. The molecule has 0 radical (unpaired) electrons. The smallest absolute Gasteiger partial charge is 0.274 e. The number of carbonyl (C=O) groups is 1. The van der Waals surface area contributed by atoms with Crippen LogP contribution in [-0.4, -0.2) is 41.5 Å². The van der Waals surface area contributed by atoms with Gasteiger partial charge in [0.25, 0.3) is 5.91 Å². The molecule has 3 N–H and O–H groups in total. The number of amidine groups is 1. The number of hydrogen-bond donors (Lipinski definition) is 2. The second-order valence-corrected chi connectivity index (χ2v) is 9.83. The normalized spacial score (nSPS) is 13.8. The van der Waals surface area contributed by atoms with Crippen molar-refractivity contribution >= 4 is 34.3 Å². The molecule has 1 amide bonds. The highest BCUT2D eigenvalue weighted by Crippen LogP contribution is 2.41. The number of nitrogens with two attached hydrogens (primary N) is 1. The highest BCUT2D eigenvalue weighted by Gasteiger charge is 2.40. The van der Waals surface area contributed by atoms with E-state index < -0.39 is 11.3 Å². The van der Waals surface area contributed by atoms with Crippen LogP contribution in [-0.2, 0) is 12.0 Å². The fraction of sp³-hybridized carbons (Fsp3) is 0.179. The van der Waals surface area contributed by atoms with Crippen LogP contribution in [0.4, 0.5) is 15.9 Å². The first-order chi connectivity index (χ1) is 18.7. The van der Waals surface area contributed by atoms with Crippen LogP contribution in [0.3, 0.4) is 0 Å². The second-order valence-electron chi connectivity index (χ2n) is 9.83. The average Bonchev–Trinajstić information content (AvgIpc) is 3.38. The molecule has 1 aromatic carbocycles. The van der Waals surface area contributed by atoms with Crippen molar-refractivity contribution in [2.24, 2.45) is 10.7 Å². The van der Waals surface area contributed by atoms with Gasteiger partial charge in [-0.25, -0.2) is 29.0 Å². The number of halogens is 1. The molecule has 5 aromatic rings. The van der Waals surface area contributed by atoms with E-state index in [9.17, 15) is 9.18 Å². The fourth-order valence-electron chi connectivity index (χ4n) is 4.64. The Morgan fingerprint density at radius 3 is 2.69 bits per heavy atom. The van der Waals surface area contributed by atoms with Gasteiger partial charge in [0, 0.05) is 34.9 Å². The van der Waals surface area contributed by atoms with Crippen molar-refractivity contribution < 1.29 is 9.18 Å². The molecule has 0 atom stereocenters. The Kier molecular flexibility index (Phi) is 5.63. The molecule has 4 aromatic heterocycles. The van der Waals surface area contributed by atoms with Crippen LogP contribution in [0.5, 0.6) is 0 Å². The number of benzene rings is 1. The number of nitrogens with one attached hydrogen (secondary N) is 1. The van der Waals surface area contributed by atoms with Gasteiger partial charge in [0.1, 0.15) is 23.0 Å². The van der Waals surface area contributed by atoms with Crippen LogP contribution in [0, 0.1) is 12.7 Å². The van der Waals surface area contributed by atoms with Crippen LogP contribution in [0.25, 0.3) is 22.6 Å². The second kappa shape index (κ2) is 9.05. The van der Waals surface area contributed by atoms with Crippen LogP contribution < -0.4 is 11.1 Å². The Bertz CT molecular complexity index is 1810. The van der Waals surface area contributed by atoms with E-state index in [1.54, 1.807) is 53.5 Å². The fourth-order valence-corrected chi connectivity index (χ4v) is 4.64. The van der Waals surface area contributed by atoms with Crippen molar-refractivity contribution in [1.82, 2.24) is 29.7 Å². The predicted molar refractivity (Wildman–Crippen MR) is 145 cm³/mol. The Hall–Kier alpha value is -5.06. The summed E-state index contributed by atoms with van der Waals surface area (Å²) in [5.41, 5.74) is 8.89. The number of nitrogens with zero attached hydrogens (tertiary/aromatic N) is 7. The monoisotopic (exact) mass is 521 g/mol. The maximum atomic E-state index is 14.4. The third kappa shape index (κ3) is 4.17. The van der Waals surface area contributed by atoms with Gasteiger partial charge in [0.2, 0.25) is 0 Å². The first-order valence-corrected chi connectivity index (χ1v) is 12.3. The Balaban J connectivity index is 1.50. The lowest BCUT2D eigenvalue weighted by atomic mass is 9.84. The molecule has 0 bridgehead atoms. The summed E-state index contributed by atoms with van der Waals surface area (Å²) < 4.78 is 16.0. The molecule has 0 unspecified atom stereocenters. The maximum Gasteiger partial charge on any atom is 0.274 e. The van der Waals surface area contributed by atoms with Gasteiger partial charge in [0.05, 0.1) is 17.3 Å². The summed E-state index contributed by atoms with van der Waals surface area (Å²) in [5, 5.41) is 8.27. The van der Waals surface area contributed by atoms with Crippen LogP contribution in [0.2, 0.25) is 0 Å². The van der Waals surface area contributed by atoms with Crippen molar-refractivity contribution in [3.63, 3.8) is 0 Å². The third-order valence-corrected chi connectivity index (χ3v) is 6.75. The first-order valence-electron chi connectivity index (χ1n) is 12.3. The Labute approximate surface area is 222 Å². The lowest BCUT2D eigenvalue weighted by Gasteiger charge is -2.21. The van der Waals surface area contributed by atoms with Crippen molar-refractivity contribution in [1.29, 1.82) is 0 Å². The quantitative estimate of drug-likeness (QED) is 0.352. The summed E-state index contributed by atoms with van der Waals surface area (Å²) in [7, 11) is 0. The lowest BCUT2D eigenvalue weighted by Crippen LogP contribution is -2.34. The zero-order valence-electron chi connectivity index (χ0n) is 21.5. The standard InChI is InChI=1S/C28H24FN9O/c1-15-13-17(10-12-31-15)33-26(39)22-20-23(36-27(30)28(20,2)3)35-24(34-22)21-18-8-6-11-32-25(18)38(37-21)14-16-7-4-5-9-19(16)29/h4-13H,14H2,1-3H3,(H,31,33,39)(H2,30,34,35,36). The minimum atomic E-state index is -0.761. The number of fused-ring (bicyclic) bond motifs is 2. The predicted octanol–water partition coefficient (Wildman–Crippen LogP) is 4.31. The number of rotatable bonds is 5. The van der Waals surface area contributed by atoms with E-state index in [0.717, 1.165) is 5.69 Å². The number of amides is 1. The molecular weight excluding hydrogens is 497 g/mol. The van der Waals surface area contributed by atoms with E-state index in [1.807, 2.05) is 26.8 Å². The summed E-state index contributed by atoms with van der Waals surface area (Å²) in [6, 6.07) is 13.6. The van der Waals surface area contributed by atoms with E-state index in [2.05, 4.69) is 25.3 Å². The van der Waals surface area contributed by atoms with E-state index in [1.165, 1.54) is 6.07 Å². The number of carbonyl (C=O) groups excluding carboxylic acids is 1. The molecule has 1 aliphatic heterocycles. The van der Waals surface area contributed by atoms with Crippen molar-refractivity contribution in [3.8, 4) is 11.5 Å². The lowest BCUT2D eigenvalue weighted by molar-refractivity contribution is 0.102. The molecule has 6 rings (SSSR count). The summed E-state index contributed by atoms with van der Waals surface area (Å²) >= 11 is 0. The van der Waals surface area contributed by atoms with E-state index in [4.69, 9.17) is 15.8 Å². The van der Waals surface area contributed by atoms with Gasteiger partial charge >= 0.3 is 0 Å². The van der Waals surface area contributed by atoms with E-state index in [-0.39, 0.29) is 23.9 Å². The zero-order valence-corrected chi connectivity index (χ0v) is 21.5. The molecule has 0 saturated heterocycles. The summed E-state index contributed by atoms with van der Waals surface area (Å²) in [4.78, 5) is 36.1. The minimum Gasteiger partial charge on any atom is -0.386 e. The third-order valence-electron chi connectivity index (χ3n) is 6.75. The molecular formula is C28H24FN9O. The van der Waals surface area contributed by atoms with Crippen molar-refractivity contribution in [2.75, 3.05) is 5.32 Å². The number of aryl methyl sites for hydroxylation is 1. The highest BCUT2D eigenvalue weighted by atomic mass is 19.1. The van der Waals surface area contributed by atoms with E-state index in [0.29, 0.717) is 45.2 Å². The topological polar surface area (TPSA) is 137 Å². The van der Waals surface area contributed by atoms with Crippen molar-refractivity contribution in [3.05, 3.63) is 89.3 Å². The molecule has 0 aliphatic carbocycles. The number of pyridine rings is 2. The van der Waals surface area contributed by atoms with E-state index >= 15 is 0 Å². The zero-order chi connectivity index (χ0) is 27.3. The highest BCUT2D eigenvalue weighted by molar-refractivity contribution is 6.09. The van der Waals surface area contributed by atoms with Gasteiger partial charge in [-0.15, -0.1) is 0 Å². The Morgan fingerprint density at radius 2 is 1.90 bits per heavy atom. The van der Waals surface area contributed by atoms with Crippen LogP contribution >= 0.6 is 0 Å². The van der Waals surface area contributed by atoms with Crippen LogP contribution in [0.15, 0.2) is 65.9 Å². The number of hydrogen-bond acceptors (Lipinski definition) is 8. The molecule has 0 saturated carbocycles. The minimum absolute atomic E-state index is 0.138. The van der Waals surface area contributed by atoms with Gasteiger partial charge in [-0.3, -0.25) is 9.78 Å². The molecule has 0 fully saturated rings. The number of anilines is 1. The number of aromatic nitrogens is 6. The van der Waals surface area contributed by atoms with Crippen LogP contribution in [0.1, 0.15) is 41.2 Å². The summed E-state index contributed by atoms with van der Waals surface area (Å²) in [6.07, 6.45) is 3.26. The average molecular weight is 522 g/mol. The summed E-state index contributed by atoms with van der Waals surface area (Å²) in [5.74, 6) is 0.0365. The Morgan fingerprint density at radius 1 is 1.08 bits per heavy atom.